The lowest BCUT2D eigenvalue weighted by atomic mass is 10.1. The molecule has 0 aromatic heterocycles. The molecule has 4 heteroatoms. The van der Waals surface area contributed by atoms with E-state index in [9.17, 15) is 8.42 Å². The molecule has 15 heavy (non-hydrogen) atoms. The van der Waals surface area contributed by atoms with E-state index >= 15 is 0 Å². The van der Waals surface area contributed by atoms with Gasteiger partial charge in [0.25, 0.3) is 0 Å². The van der Waals surface area contributed by atoms with Crippen LogP contribution in [0, 0.1) is 11.3 Å². The fourth-order valence-electron chi connectivity index (χ4n) is 1.30. The van der Waals surface area contributed by atoms with Gasteiger partial charge in [0.1, 0.15) is 0 Å². The van der Waals surface area contributed by atoms with Gasteiger partial charge in [-0.3, -0.25) is 0 Å². The number of sulfone groups is 1. The highest BCUT2D eigenvalue weighted by atomic mass is 32.2. The summed E-state index contributed by atoms with van der Waals surface area (Å²) >= 11 is 0. The normalized spacial score (nSPS) is 10.9. The highest BCUT2D eigenvalue weighted by Crippen LogP contribution is 2.13. The van der Waals surface area contributed by atoms with Gasteiger partial charge in [-0.15, -0.1) is 0 Å². The van der Waals surface area contributed by atoms with Crippen molar-refractivity contribution in [2.24, 2.45) is 0 Å². The predicted molar refractivity (Wildman–Crippen MR) is 58.1 cm³/mol. The fraction of sp³-hybridized carbons (Fsp3) is 0.364. The first-order chi connectivity index (χ1) is 7.04. The molecule has 0 N–H and O–H groups in total. The van der Waals surface area contributed by atoms with Gasteiger partial charge >= 0.3 is 0 Å². The molecule has 80 valence electrons. The molecule has 1 aromatic carbocycles. The van der Waals surface area contributed by atoms with Crippen molar-refractivity contribution in [1.29, 1.82) is 5.26 Å². The van der Waals surface area contributed by atoms with Gasteiger partial charge in [-0.1, -0.05) is 12.1 Å². The lowest BCUT2D eigenvalue weighted by Gasteiger charge is -2.02. The molecule has 0 atom stereocenters. The first-order valence-corrected chi connectivity index (χ1v) is 6.59. The zero-order chi connectivity index (χ0) is 11.3. The average molecular weight is 223 g/mol. The van der Waals surface area contributed by atoms with E-state index in [0.717, 1.165) is 18.4 Å². The molecule has 0 unspecified atom stereocenters. The third-order valence-corrected chi connectivity index (χ3v) is 3.19. The summed E-state index contributed by atoms with van der Waals surface area (Å²) in [6, 6.07) is 8.94. The van der Waals surface area contributed by atoms with E-state index < -0.39 is 9.84 Å². The molecule has 0 radical (unpaired) electrons. The molecular formula is C11H13NO2S. The van der Waals surface area contributed by atoms with Crippen molar-refractivity contribution in [2.75, 3.05) is 6.26 Å². The van der Waals surface area contributed by atoms with Crippen LogP contribution in [-0.2, 0) is 16.3 Å². The number of hydrogen-bond acceptors (Lipinski definition) is 3. The molecule has 0 aliphatic rings. The van der Waals surface area contributed by atoms with Gasteiger partial charge in [0, 0.05) is 12.7 Å². The maximum Gasteiger partial charge on any atom is 0.175 e. The second-order valence-electron chi connectivity index (χ2n) is 3.43. The van der Waals surface area contributed by atoms with E-state index in [1.54, 1.807) is 18.2 Å². The minimum atomic E-state index is -3.12. The monoisotopic (exact) mass is 223 g/mol. The lowest BCUT2D eigenvalue weighted by molar-refractivity contribution is 0.601. The van der Waals surface area contributed by atoms with Crippen molar-refractivity contribution in [3.8, 4) is 6.07 Å². The van der Waals surface area contributed by atoms with E-state index in [1.807, 2.05) is 6.07 Å². The van der Waals surface area contributed by atoms with Crippen molar-refractivity contribution >= 4 is 9.84 Å². The Hall–Kier alpha value is -1.34. The number of nitrogens with zero attached hydrogens (tertiary/aromatic N) is 1. The van der Waals surface area contributed by atoms with Crippen molar-refractivity contribution in [3.05, 3.63) is 29.8 Å². The second kappa shape index (κ2) is 4.94. The predicted octanol–water partition coefficient (Wildman–Crippen LogP) is 1.94. The van der Waals surface area contributed by atoms with Crippen molar-refractivity contribution in [2.45, 2.75) is 24.2 Å². The second-order valence-corrected chi connectivity index (χ2v) is 5.45. The van der Waals surface area contributed by atoms with Crippen LogP contribution < -0.4 is 0 Å². The third-order valence-electron chi connectivity index (χ3n) is 2.08. The summed E-state index contributed by atoms with van der Waals surface area (Å²) in [4.78, 5) is 0.344. The average Bonchev–Trinajstić information content (AvgIpc) is 2.17. The van der Waals surface area contributed by atoms with Gasteiger partial charge < -0.3 is 0 Å². The van der Waals surface area contributed by atoms with Crippen LogP contribution in [0.5, 0.6) is 0 Å². The lowest BCUT2D eigenvalue weighted by Crippen LogP contribution is -1.97. The molecule has 0 aliphatic carbocycles. The molecule has 0 saturated carbocycles. The van der Waals surface area contributed by atoms with Crippen LogP contribution in [-0.4, -0.2) is 14.7 Å². The summed E-state index contributed by atoms with van der Waals surface area (Å²) in [6.45, 7) is 0. The van der Waals surface area contributed by atoms with E-state index in [4.69, 9.17) is 5.26 Å². The Labute approximate surface area is 90.3 Å². The van der Waals surface area contributed by atoms with Crippen LogP contribution in [0.25, 0.3) is 0 Å². The Morgan fingerprint density at radius 2 is 2.13 bits per heavy atom. The van der Waals surface area contributed by atoms with Crippen molar-refractivity contribution in [1.82, 2.24) is 0 Å². The molecule has 0 amide bonds. The Morgan fingerprint density at radius 1 is 1.40 bits per heavy atom. The van der Waals surface area contributed by atoms with Crippen molar-refractivity contribution < 1.29 is 8.42 Å². The van der Waals surface area contributed by atoms with Crippen LogP contribution in [0.15, 0.2) is 29.2 Å². The van der Waals surface area contributed by atoms with Gasteiger partial charge in [-0.25, -0.2) is 8.42 Å². The van der Waals surface area contributed by atoms with Gasteiger partial charge in [-0.05, 0) is 30.5 Å². The smallest absolute Gasteiger partial charge is 0.175 e. The third kappa shape index (κ3) is 3.72. The molecule has 3 nitrogen and oxygen atoms in total. The summed E-state index contributed by atoms with van der Waals surface area (Å²) in [5.74, 6) is 0. The molecular weight excluding hydrogens is 210 g/mol. The van der Waals surface area contributed by atoms with Crippen LogP contribution in [0.2, 0.25) is 0 Å². The van der Waals surface area contributed by atoms with Gasteiger partial charge in [0.15, 0.2) is 9.84 Å². The Kier molecular flexibility index (Phi) is 3.87. The van der Waals surface area contributed by atoms with Gasteiger partial charge in [0.05, 0.1) is 11.0 Å². The highest BCUT2D eigenvalue weighted by Gasteiger charge is 2.06. The number of rotatable bonds is 4. The molecule has 0 heterocycles. The molecule has 0 aliphatic heterocycles. The number of nitriles is 1. The molecule has 0 fully saturated rings. The number of benzene rings is 1. The van der Waals surface area contributed by atoms with E-state index in [2.05, 4.69) is 6.07 Å². The Morgan fingerprint density at radius 3 is 2.73 bits per heavy atom. The molecule has 1 rings (SSSR count). The van der Waals surface area contributed by atoms with E-state index in [0.29, 0.717) is 11.3 Å². The maximum atomic E-state index is 11.3. The van der Waals surface area contributed by atoms with Crippen molar-refractivity contribution in [3.63, 3.8) is 0 Å². The highest BCUT2D eigenvalue weighted by molar-refractivity contribution is 7.90. The van der Waals surface area contributed by atoms with Crippen LogP contribution in [0.1, 0.15) is 18.4 Å². The SMILES string of the molecule is CS(=O)(=O)c1cccc(CCCC#N)c1. The molecule has 0 bridgehead atoms. The maximum absolute atomic E-state index is 11.3. The van der Waals surface area contributed by atoms with E-state index in [-0.39, 0.29) is 0 Å². The zero-order valence-corrected chi connectivity index (χ0v) is 9.42. The number of unbranched alkanes of at least 4 members (excludes halogenated alkanes) is 1. The summed E-state index contributed by atoms with van der Waals surface area (Å²) in [6.07, 6.45) is 3.21. The van der Waals surface area contributed by atoms with E-state index in [1.165, 1.54) is 6.26 Å². The zero-order valence-electron chi connectivity index (χ0n) is 8.60. The first-order valence-electron chi connectivity index (χ1n) is 4.70. The Balaban J connectivity index is 2.81. The summed E-state index contributed by atoms with van der Waals surface area (Å²) < 4.78 is 22.5. The fourth-order valence-corrected chi connectivity index (χ4v) is 1.99. The number of hydrogen-bond donors (Lipinski definition) is 0. The standard InChI is InChI=1S/C11H13NO2S/c1-15(13,14)11-7-4-6-10(9-11)5-2-3-8-12/h4,6-7,9H,2-3,5H2,1H3. The summed E-state index contributed by atoms with van der Waals surface area (Å²) in [7, 11) is -3.12. The van der Waals surface area contributed by atoms with Crippen LogP contribution in [0.4, 0.5) is 0 Å². The quantitative estimate of drug-likeness (QED) is 0.733. The van der Waals surface area contributed by atoms with Crippen LogP contribution >= 0.6 is 0 Å². The first kappa shape index (κ1) is 11.7. The summed E-state index contributed by atoms with van der Waals surface area (Å²) in [5.41, 5.74) is 0.966. The minimum absolute atomic E-state index is 0.344. The molecule has 0 spiro atoms. The summed E-state index contributed by atoms with van der Waals surface area (Å²) in [5, 5.41) is 8.38. The topological polar surface area (TPSA) is 57.9 Å². The Bertz CT molecular complexity index is 472. The number of aryl methyl sites for hydroxylation is 1. The van der Waals surface area contributed by atoms with Crippen LogP contribution in [0.3, 0.4) is 0 Å². The van der Waals surface area contributed by atoms with Gasteiger partial charge in [-0.2, -0.15) is 5.26 Å². The minimum Gasteiger partial charge on any atom is -0.224 e. The molecule has 1 aromatic rings. The largest absolute Gasteiger partial charge is 0.224 e. The molecule has 0 saturated heterocycles. The van der Waals surface area contributed by atoms with Gasteiger partial charge in [0.2, 0.25) is 0 Å².